The first kappa shape index (κ1) is 15.5. The van der Waals surface area contributed by atoms with Crippen LogP contribution >= 0.6 is 11.5 Å². The third-order valence-corrected chi connectivity index (χ3v) is 5.84. The first-order chi connectivity index (χ1) is 13.9. The van der Waals surface area contributed by atoms with Crippen molar-refractivity contribution >= 4 is 44.2 Å². The molecule has 0 radical (unpaired) electrons. The molecule has 0 atom stereocenters. The second-order valence-corrected chi connectivity index (χ2v) is 7.48. The molecule has 0 fully saturated rings. The van der Waals surface area contributed by atoms with Crippen LogP contribution in [0.3, 0.4) is 0 Å². The van der Waals surface area contributed by atoms with E-state index in [2.05, 4.69) is 59.0 Å². The molecule has 0 spiro atoms. The van der Waals surface area contributed by atoms with Crippen LogP contribution in [-0.2, 0) is 0 Å². The van der Waals surface area contributed by atoms with Gasteiger partial charge in [0.05, 0.1) is 0 Å². The molecule has 3 nitrogen and oxygen atoms in total. The normalized spacial score (nSPS) is 11.6. The van der Waals surface area contributed by atoms with E-state index >= 15 is 0 Å². The van der Waals surface area contributed by atoms with Gasteiger partial charge in [-0.05, 0) is 34.4 Å². The molecule has 2 heterocycles. The summed E-state index contributed by atoms with van der Waals surface area (Å²) in [6, 6.07) is 28.8. The SMILES string of the molecule is c1ccc2c(-c3nsc(-c4cccc5oc6ccccc6c45)n3)cccc2c1. The first-order valence-electron chi connectivity index (χ1n) is 9.11. The molecule has 132 valence electrons. The van der Waals surface area contributed by atoms with E-state index in [1.807, 2.05) is 30.3 Å². The van der Waals surface area contributed by atoms with Crippen molar-refractivity contribution in [3.05, 3.63) is 84.9 Å². The number of nitrogens with zero attached hydrogens (tertiary/aromatic N) is 2. The summed E-state index contributed by atoms with van der Waals surface area (Å²) in [5, 5.41) is 5.47. The maximum absolute atomic E-state index is 6.02. The molecule has 28 heavy (non-hydrogen) atoms. The predicted molar refractivity (Wildman–Crippen MR) is 116 cm³/mol. The summed E-state index contributed by atoms with van der Waals surface area (Å²) in [5.41, 5.74) is 3.89. The molecule has 2 aromatic heterocycles. The summed E-state index contributed by atoms with van der Waals surface area (Å²) in [5.74, 6) is 0.765. The van der Waals surface area contributed by atoms with Crippen LogP contribution in [0.15, 0.2) is 89.3 Å². The third kappa shape index (κ3) is 2.28. The maximum atomic E-state index is 6.02. The van der Waals surface area contributed by atoms with Gasteiger partial charge in [0.25, 0.3) is 0 Å². The van der Waals surface area contributed by atoms with E-state index in [0.717, 1.165) is 43.9 Å². The van der Waals surface area contributed by atoms with Crippen molar-refractivity contribution in [3.8, 4) is 22.0 Å². The lowest BCUT2D eigenvalue weighted by Crippen LogP contribution is -1.84. The quantitative estimate of drug-likeness (QED) is 0.328. The number of benzene rings is 4. The smallest absolute Gasteiger partial charge is 0.174 e. The number of furan rings is 1. The highest BCUT2D eigenvalue weighted by atomic mass is 32.1. The van der Waals surface area contributed by atoms with Gasteiger partial charge in [-0.25, -0.2) is 4.98 Å². The van der Waals surface area contributed by atoms with Gasteiger partial charge in [-0.3, -0.25) is 0 Å². The van der Waals surface area contributed by atoms with Crippen LogP contribution < -0.4 is 0 Å². The van der Waals surface area contributed by atoms with E-state index in [-0.39, 0.29) is 0 Å². The van der Waals surface area contributed by atoms with Crippen LogP contribution in [0.4, 0.5) is 0 Å². The molecule has 0 bridgehead atoms. The van der Waals surface area contributed by atoms with Gasteiger partial charge in [0.2, 0.25) is 0 Å². The Bertz CT molecular complexity index is 1470. The van der Waals surface area contributed by atoms with Crippen LogP contribution in [0.2, 0.25) is 0 Å². The molecule has 0 N–H and O–H groups in total. The molecular formula is C24H14N2OS. The zero-order valence-corrected chi connectivity index (χ0v) is 15.6. The number of aromatic nitrogens is 2. The fourth-order valence-electron chi connectivity index (χ4n) is 3.82. The number of hydrogen-bond donors (Lipinski definition) is 0. The van der Waals surface area contributed by atoms with Gasteiger partial charge in [-0.15, -0.1) is 0 Å². The summed E-state index contributed by atoms with van der Waals surface area (Å²) in [6.45, 7) is 0. The lowest BCUT2D eigenvalue weighted by atomic mass is 10.0. The minimum absolute atomic E-state index is 0.765. The molecule has 0 saturated carbocycles. The maximum Gasteiger partial charge on any atom is 0.174 e. The Balaban J connectivity index is 1.57. The molecule has 6 rings (SSSR count). The number of para-hydroxylation sites is 1. The lowest BCUT2D eigenvalue weighted by molar-refractivity contribution is 0.669. The molecule has 0 aliphatic carbocycles. The highest BCUT2D eigenvalue weighted by molar-refractivity contribution is 7.09. The van der Waals surface area contributed by atoms with E-state index < -0.39 is 0 Å². The topological polar surface area (TPSA) is 38.9 Å². The molecule has 4 aromatic carbocycles. The van der Waals surface area contributed by atoms with Gasteiger partial charge in [0.1, 0.15) is 16.2 Å². The van der Waals surface area contributed by atoms with Gasteiger partial charge in [-0.1, -0.05) is 72.8 Å². The van der Waals surface area contributed by atoms with Gasteiger partial charge < -0.3 is 4.42 Å². The Hall–Kier alpha value is -3.50. The van der Waals surface area contributed by atoms with Crippen molar-refractivity contribution < 1.29 is 4.42 Å². The Morgan fingerprint density at radius 3 is 2.32 bits per heavy atom. The summed E-state index contributed by atoms with van der Waals surface area (Å²) in [7, 11) is 0. The Morgan fingerprint density at radius 2 is 1.36 bits per heavy atom. The molecule has 0 amide bonds. The Kier molecular flexibility index (Phi) is 3.34. The number of hydrogen-bond acceptors (Lipinski definition) is 4. The van der Waals surface area contributed by atoms with E-state index in [1.54, 1.807) is 0 Å². The van der Waals surface area contributed by atoms with Gasteiger partial charge in [-0.2, -0.15) is 4.37 Å². The average Bonchev–Trinajstić information content (AvgIpc) is 3.38. The van der Waals surface area contributed by atoms with Gasteiger partial charge in [0.15, 0.2) is 5.82 Å². The van der Waals surface area contributed by atoms with Gasteiger partial charge >= 0.3 is 0 Å². The van der Waals surface area contributed by atoms with Crippen molar-refractivity contribution in [2.24, 2.45) is 0 Å². The van der Waals surface area contributed by atoms with E-state index in [1.165, 1.54) is 22.3 Å². The standard InChI is InChI=1S/C24H14N2OS/c1-2-9-16-15(7-1)8-5-11-17(16)23-25-24(28-26-23)19-12-6-14-21-22(19)18-10-3-4-13-20(18)27-21/h1-14H. The summed E-state index contributed by atoms with van der Waals surface area (Å²) in [6.07, 6.45) is 0. The first-order valence-corrected chi connectivity index (χ1v) is 9.88. The lowest BCUT2D eigenvalue weighted by Gasteiger charge is -2.02. The molecular weight excluding hydrogens is 364 g/mol. The van der Waals surface area contributed by atoms with Gasteiger partial charge in [0, 0.05) is 21.9 Å². The van der Waals surface area contributed by atoms with Crippen molar-refractivity contribution in [1.82, 2.24) is 9.36 Å². The molecule has 0 aliphatic rings. The monoisotopic (exact) mass is 378 g/mol. The zero-order valence-electron chi connectivity index (χ0n) is 14.8. The summed E-state index contributed by atoms with van der Waals surface area (Å²) in [4.78, 5) is 4.90. The van der Waals surface area contributed by atoms with E-state index in [4.69, 9.17) is 9.40 Å². The number of rotatable bonds is 2. The Labute approximate surface area is 165 Å². The van der Waals surface area contributed by atoms with Crippen LogP contribution in [0.5, 0.6) is 0 Å². The highest BCUT2D eigenvalue weighted by Gasteiger charge is 2.16. The van der Waals surface area contributed by atoms with Crippen LogP contribution in [-0.4, -0.2) is 9.36 Å². The van der Waals surface area contributed by atoms with Crippen molar-refractivity contribution in [3.63, 3.8) is 0 Å². The third-order valence-electron chi connectivity index (χ3n) is 5.09. The summed E-state index contributed by atoms with van der Waals surface area (Å²) < 4.78 is 10.7. The second kappa shape index (κ2) is 6.01. The molecule has 4 heteroatoms. The molecule has 6 aromatic rings. The number of fused-ring (bicyclic) bond motifs is 4. The highest BCUT2D eigenvalue weighted by Crippen LogP contribution is 2.38. The molecule has 0 unspecified atom stereocenters. The molecule has 0 saturated heterocycles. The van der Waals surface area contributed by atoms with Crippen molar-refractivity contribution in [2.45, 2.75) is 0 Å². The minimum atomic E-state index is 0.765. The average molecular weight is 378 g/mol. The predicted octanol–water partition coefficient (Wildman–Crippen LogP) is 6.92. The van der Waals surface area contributed by atoms with E-state index in [0.29, 0.717) is 0 Å². The van der Waals surface area contributed by atoms with Crippen molar-refractivity contribution in [2.75, 3.05) is 0 Å². The fraction of sp³-hybridized carbons (Fsp3) is 0. The van der Waals surface area contributed by atoms with Crippen molar-refractivity contribution in [1.29, 1.82) is 0 Å². The minimum Gasteiger partial charge on any atom is -0.456 e. The van der Waals surface area contributed by atoms with E-state index in [9.17, 15) is 0 Å². The van der Waals surface area contributed by atoms with Crippen LogP contribution in [0, 0.1) is 0 Å². The molecule has 0 aliphatic heterocycles. The summed E-state index contributed by atoms with van der Waals surface area (Å²) >= 11 is 1.43. The fourth-order valence-corrected chi connectivity index (χ4v) is 4.52. The van der Waals surface area contributed by atoms with Crippen LogP contribution in [0.25, 0.3) is 54.7 Å². The Morgan fingerprint density at radius 1 is 0.643 bits per heavy atom. The van der Waals surface area contributed by atoms with Crippen LogP contribution in [0.1, 0.15) is 0 Å². The second-order valence-electron chi connectivity index (χ2n) is 6.73. The largest absolute Gasteiger partial charge is 0.456 e. The zero-order chi connectivity index (χ0) is 18.5.